The number of halogens is 1. The van der Waals surface area contributed by atoms with Crippen molar-refractivity contribution in [2.45, 2.75) is 19.5 Å². The van der Waals surface area contributed by atoms with Crippen molar-refractivity contribution in [3.63, 3.8) is 0 Å². The third-order valence-electron chi connectivity index (χ3n) is 3.78. The second-order valence-corrected chi connectivity index (χ2v) is 4.56. The molecule has 0 saturated carbocycles. The number of fused-ring (bicyclic) bond motifs is 2. The van der Waals surface area contributed by atoms with Gasteiger partial charge in [-0.25, -0.2) is 4.39 Å². The van der Waals surface area contributed by atoms with Gasteiger partial charge in [0.1, 0.15) is 5.67 Å². The van der Waals surface area contributed by atoms with Crippen LogP contribution in [0, 0.1) is 11.8 Å². The molecule has 0 spiro atoms. The number of nitrogens with zero attached hydrogens (tertiary/aromatic N) is 1. The first kappa shape index (κ1) is 9.41. The van der Waals surface area contributed by atoms with E-state index in [0.29, 0.717) is 0 Å². The Labute approximate surface area is 79.5 Å². The molecule has 0 aromatic heterocycles. The van der Waals surface area contributed by atoms with Crippen LogP contribution < -0.4 is 5.32 Å². The molecule has 0 aromatic carbocycles. The third kappa shape index (κ3) is 1.48. The van der Waals surface area contributed by atoms with Crippen molar-refractivity contribution in [2.24, 2.45) is 11.8 Å². The van der Waals surface area contributed by atoms with Crippen LogP contribution in [-0.2, 0) is 0 Å². The van der Waals surface area contributed by atoms with Gasteiger partial charge in [0.2, 0.25) is 0 Å². The second kappa shape index (κ2) is 3.21. The largest absolute Gasteiger partial charge is 0.316 e. The van der Waals surface area contributed by atoms with Gasteiger partial charge < -0.3 is 10.2 Å². The van der Waals surface area contributed by atoms with Gasteiger partial charge in [-0.05, 0) is 13.5 Å². The van der Waals surface area contributed by atoms with Crippen LogP contribution in [0.4, 0.5) is 4.39 Å². The minimum Gasteiger partial charge on any atom is -0.316 e. The topological polar surface area (TPSA) is 15.3 Å². The Morgan fingerprint density at radius 2 is 1.92 bits per heavy atom. The quantitative estimate of drug-likeness (QED) is 0.654. The van der Waals surface area contributed by atoms with Gasteiger partial charge in [0.25, 0.3) is 0 Å². The summed E-state index contributed by atoms with van der Waals surface area (Å²) in [6, 6.07) is 0. The molecule has 3 heteroatoms. The van der Waals surface area contributed by atoms with Gasteiger partial charge in [0.05, 0.1) is 0 Å². The van der Waals surface area contributed by atoms with Crippen LogP contribution in [0.25, 0.3) is 0 Å². The normalized spacial score (nSPS) is 46.4. The van der Waals surface area contributed by atoms with Crippen molar-refractivity contribution < 1.29 is 4.39 Å². The van der Waals surface area contributed by atoms with Crippen molar-refractivity contribution in [3.8, 4) is 0 Å². The highest BCUT2D eigenvalue weighted by Crippen LogP contribution is 2.37. The first-order valence-corrected chi connectivity index (χ1v) is 5.26. The molecule has 2 fully saturated rings. The van der Waals surface area contributed by atoms with Gasteiger partial charge in [-0.3, -0.25) is 0 Å². The molecule has 76 valence electrons. The lowest BCUT2D eigenvalue weighted by atomic mass is 9.73. The van der Waals surface area contributed by atoms with Gasteiger partial charge in [-0.2, -0.15) is 0 Å². The summed E-state index contributed by atoms with van der Waals surface area (Å²) in [5.74, 6) is 0.389. The zero-order valence-electron chi connectivity index (χ0n) is 8.52. The van der Waals surface area contributed by atoms with E-state index in [4.69, 9.17) is 0 Å². The Balaban J connectivity index is 2.12. The van der Waals surface area contributed by atoms with Crippen molar-refractivity contribution >= 4 is 0 Å². The number of nitrogens with one attached hydrogen (secondary N) is 1. The van der Waals surface area contributed by atoms with Crippen molar-refractivity contribution in [1.29, 1.82) is 0 Å². The molecule has 2 aliphatic rings. The van der Waals surface area contributed by atoms with Crippen LogP contribution in [-0.4, -0.2) is 43.3 Å². The maximum Gasteiger partial charge on any atom is 0.118 e. The van der Waals surface area contributed by atoms with Gasteiger partial charge in [0, 0.05) is 38.0 Å². The fourth-order valence-electron chi connectivity index (χ4n) is 2.61. The Kier molecular flexibility index (Phi) is 2.32. The molecule has 0 amide bonds. The number of hydrogen-bond donors (Lipinski definition) is 1. The number of likely N-dealkylation sites (tertiary alicyclic amines) is 1. The fraction of sp³-hybridized carbons (Fsp3) is 1.00. The minimum absolute atomic E-state index is 0.194. The van der Waals surface area contributed by atoms with Crippen LogP contribution >= 0.6 is 0 Å². The number of alkyl halides is 1. The molecule has 13 heavy (non-hydrogen) atoms. The van der Waals surface area contributed by atoms with Gasteiger partial charge in [-0.1, -0.05) is 6.92 Å². The summed E-state index contributed by atoms with van der Waals surface area (Å²) < 4.78 is 14.2. The minimum atomic E-state index is -0.934. The lowest BCUT2D eigenvalue weighted by Gasteiger charge is -2.49. The predicted octanol–water partition coefficient (Wildman–Crippen LogP) is 0.886. The Bertz CT molecular complexity index is 177. The second-order valence-electron chi connectivity index (χ2n) is 4.56. The summed E-state index contributed by atoms with van der Waals surface area (Å²) in [7, 11) is 0. The third-order valence-corrected chi connectivity index (χ3v) is 3.78. The highest BCUT2D eigenvalue weighted by molar-refractivity contribution is 5.01. The van der Waals surface area contributed by atoms with E-state index < -0.39 is 5.67 Å². The summed E-state index contributed by atoms with van der Waals surface area (Å²) in [6.07, 6.45) is 0. The van der Waals surface area contributed by atoms with Crippen LogP contribution in [0.2, 0.25) is 0 Å². The van der Waals surface area contributed by atoms with Crippen LogP contribution in [0.15, 0.2) is 0 Å². The van der Waals surface area contributed by atoms with Gasteiger partial charge >= 0.3 is 0 Å². The predicted molar refractivity (Wildman–Crippen MR) is 51.5 cm³/mol. The summed E-state index contributed by atoms with van der Waals surface area (Å²) in [5.41, 5.74) is -0.934. The average Bonchev–Trinajstić information content (AvgIpc) is 2.02. The Morgan fingerprint density at radius 3 is 2.38 bits per heavy atom. The van der Waals surface area contributed by atoms with Crippen LogP contribution in [0.5, 0.6) is 0 Å². The first-order chi connectivity index (χ1) is 6.14. The van der Waals surface area contributed by atoms with E-state index in [9.17, 15) is 4.39 Å². The molecule has 0 aliphatic carbocycles. The number of rotatable bonds is 1. The molecule has 0 aromatic rings. The van der Waals surface area contributed by atoms with Crippen molar-refractivity contribution in [1.82, 2.24) is 10.2 Å². The monoisotopic (exact) mass is 186 g/mol. The smallest absolute Gasteiger partial charge is 0.118 e. The van der Waals surface area contributed by atoms with Crippen LogP contribution in [0.1, 0.15) is 13.8 Å². The van der Waals surface area contributed by atoms with E-state index in [1.165, 1.54) is 0 Å². The Morgan fingerprint density at radius 1 is 1.38 bits per heavy atom. The van der Waals surface area contributed by atoms with Crippen molar-refractivity contribution in [2.75, 3.05) is 32.7 Å². The van der Waals surface area contributed by atoms with Gasteiger partial charge in [-0.15, -0.1) is 0 Å². The molecule has 1 N–H and O–H groups in total. The highest BCUT2D eigenvalue weighted by atomic mass is 19.1. The number of piperidine rings is 2. The lowest BCUT2D eigenvalue weighted by Crippen LogP contribution is -2.63. The standard InChI is InChI=1S/C10H19FN2/c1-3-13-6-8-4-12-5-9(7-13)10(8,2)11/h8-9,12H,3-7H2,1-2H3. The summed E-state index contributed by atoms with van der Waals surface area (Å²) >= 11 is 0. The zero-order valence-corrected chi connectivity index (χ0v) is 8.52. The van der Waals surface area contributed by atoms with Crippen LogP contribution in [0.3, 0.4) is 0 Å². The summed E-state index contributed by atoms with van der Waals surface area (Å²) in [5, 5.41) is 3.32. The van der Waals surface area contributed by atoms with E-state index in [2.05, 4.69) is 17.1 Å². The van der Waals surface area contributed by atoms with E-state index in [-0.39, 0.29) is 11.8 Å². The molecular weight excluding hydrogens is 167 g/mol. The summed E-state index contributed by atoms with van der Waals surface area (Å²) in [4.78, 5) is 2.37. The van der Waals surface area contributed by atoms with E-state index in [1.54, 1.807) is 6.92 Å². The maximum atomic E-state index is 14.2. The summed E-state index contributed by atoms with van der Waals surface area (Å²) in [6.45, 7) is 8.54. The van der Waals surface area contributed by atoms with E-state index in [0.717, 1.165) is 32.7 Å². The van der Waals surface area contributed by atoms with Crippen molar-refractivity contribution in [3.05, 3.63) is 0 Å². The van der Waals surface area contributed by atoms with E-state index >= 15 is 0 Å². The Hall–Kier alpha value is -0.150. The molecule has 0 radical (unpaired) electrons. The molecule has 2 rings (SSSR count). The molecule has 2 nitrogen and oxygen atoms in total. The van der Waals surface area contributed by atoms with Gasteiger partial charge in [0.15, 0.2) is 0 Å². The first-order valence-electron chi connectivity index (χ1n) is 5.26. The lowest BCUT2D eigenvalue weighted by molar-refractivity contribution is -0.0597. The fourth-order valence-corrected chi connectivity index (χ4v) is 2.61. The molecule has 2 atom stereocenters. The SMILES string of the molecule is CCN1CC2CNCC(C1)C2(C)F. The molecular formula is C10H19FN2. The molecule has 2 aliphatic heterocycles. The molecule has 2 heterocycles. The zero-order chi connectivity index (χ0) is 9.47. The maximum absolute atomic E-state index is 14.2. The molecule has 2 saturated heterocycles. The molecule has 2 unspecified atom stereocenters. The average molecular weight is 186 g/mol. The highest BCUT2D eigenvalue weighted by Gasteiger charge is 2.48. The molecule has 2 bridgehead atoms. The van der Waals surface area contributed by atoms with E-state index in [1.807, 2.05) is 0 Å². The number of hydrogen-bond acceptors (Lipinski definition) is 2.